The van der Waals surface area contributed by atoms with Crippen LogP contribution in [0.4, 0.5) is 18.0 Å². The zero-order valence-electron chi connectivity index (χ0n) is 28.2. The Morgan fingerprint density at radius 3 is 2.52 bits per heavy atom. The number of ketones is 1. The van der Waals surface area contributed by atoms with Gasteiger partial charge in [0.2, 0.25) is 0 Å². The summed E-state index contributed by atoms with van der Waals surface area (Å²) in [6.07, 6.45) is 3.68. The number of amides is 1. The third kappa shape index (κ3) is 7.84. The van der Waals surface area contributed by atoms with Crippen molar-refractivity contribution in [2.45, 2.75) is 55.8 Å². The number of fused-ring (bicyclic) bond motifs is 4. The van der Waals surface area contributed by atoms with Gasteiger partial charge in [0.1, 0.15) is 24.1 Å². The number of nitrogens with two attached hydrogens (primary N) is 1. The summed E-state index contributed by atoms with van der Waals surface area (Å²) in [6, 6.07) is 18.7. The number of alkyl carbamates (subject to hydrolysis) is 1. The van der Waals surface area contributed by atoms with Gasteiger partial charge in [0.25, 0.3) is 0 Å². The lowest BCUT2D eigenvalue weighted by Gasteiger charge is -2.33. The number of pyridine rings is 2. The summed E-state index contributed by atoms with van der Waals surface area (Å²) in [5, 5.41) is 8.09. The number of morpholine rings is 1. The van der Waals surface area contributed by atoms with Gasteiger partial charge in [0.05, 0.1) is 43.2 Å². The van der Waals surface area contributed by atoms with Gasteiger partial charge in [-0.25, -0.2) is 18.0 Å². The second-order valence-electron chi connectivity index (χ2n) is 13.3. The normalized spacial score (nSPS) is 21.9. The van der Waals surface area contributed by atoms with E-state index in [-0.39, 0.29) is 62.0 Å². The van der Waals surface area contributed by atoms with Crippen molar-refractivity contribution in [3.8, 4) is 0 Å². The van der Waals surface area contributed by atoms with Crippen LogP contribution >= 0.6 is 0 Å². The summed E-state index contributed by atoms with van der Waals surface area (Å²) in [7, 11) is 0. The Bertz CT molecular complexity index is 2070. The van der Waals surface area contributed by atoms with Gasteiger partial charge in [0.15, 0.2) is 5.78 Å². The van der Waals surface area contributed by atoms with Crippen LogP contribution in [0.3, 0.4) is 0 Å². The Hall–Kier alpha value is -5.17. The molecule has 2 bridgehead atoms. The molecule has 0 spiro atoms. The van der Waals surface area contributed by atoms with Crippen molar-refractivity contribution in [1.29, 1.82) is 0 Å². The average molecular weight is 710 g/mol. The number of aromatic nitrogens is 2. The van der Waals surface area contributed by atoms with Gasteiger partial charge in [0, 0.05) is 48.1 Å². The molecule has 0 radical (unpaired) electrons. The molecule has 2 aliphatic rings. The van der Waals surface area contributed by atoms with E-state index in [1.807, 2.05) is 30.3 Å². The predicted molar refractivity (Wildman–Crippen MR) is 188 cm³/mol. The minimum absolute atomic E-state index is 0.0117. The van der Waals surface area contributed by atoms with Crippen molar-refractivity contribution in [3.05, 3.63) is 142 Å². The summed E-state index contributed by atoms with van der Waals surface area (Å²) < 4.78 is 57.2. The van der Waals surface area contributed by atoms with Crippen molar-refractivity contribution in [2.24, 2.45) is 5.73 Å². The fourth-order valence-corrected chi connectivity index (χ4v) is 7.19. The largest absolute Gasteiger partial charge is 0.448 e. The third-order valence-corrected chi connectivity index (χ3v) is 9.91. The number of halogens is 3. The van der Waals surface area contributed by atoms with E-state index < -0.39 is 47.5 Å². The van der Waals surface area contributed by atoms with Crippen LogP contribution < -0.4 is 16.4 Å². The van der Waals surface area contributed by atoms with Gasteiger partial charge in [-0.2, -0.15) is 0 Å². The molecular weight excluding hydrogens is 671 g/mol. The van der Waals surface area contributed by atoms with Crippen LogP contribution in [0.5, 0.6) is 0 Å². The highest BCUT2D eigenvalue weighted by Gasteiger charge is 2.34. The Labute approximate surface area is 298 Å². The van der Waals surface area contributed by atoms with Gasteiger partial charge in [-0.1, -0.05) is 48.5 Å². The molecule has 5 unspecified atom stereocenters. The Morgan fingerprint density at radius 1 is 0.942 bits per heavy atom. The topological polar surface area (TPSA) is 128 Å². The number of rotatable bonds is 7. The van der Waals surface area contributed by atoms with Crippen LogP contribution in [0.2, 0.25) is 0 Å². The molecule has 5 aromatic rings. The zero-order valence-corrected chi connectivity index (χ0v) is 28.2. The van der Waals surface area contributed by atoms with Crippen molar-refractivity contribution in [3.63, 3.8) is 0 Å². The maximum Gasteiger partial charge on any atom is 0.407 e. The Morgan fingerprint density at radius 2 is 1.73 bits per heavy atom. The van der Waals surface area contributed by atoms with Crippen molar-refractivity contribution in [1.82, 2.24) is 20.6 Å². The first-order valence-electron chi connectivity index (χ1n) is 17.3. The monoisotopic (exact) mass is 709 g/mol. The standard InChI is InChI=1S/C40H38F3N5O4/c41-28-9-5-23(6-10-28)37-25-7-11-34(42)32(14-25)33(38-27(16-45-20-35(38)43)8-12-36(49)39(37)44)15-31-19-47-30(21-51-31)22-52-40(50)48-18-29-13-24-3-1-2-4-26(24)17-46-29/h1-7,9-11,13-14,16-17,20,30-31,33,37,39,47H,8,12,15,18-19,21-22,44H2,(H,48,50). The maximum absolute atomic E-state index is 15.9. The van der Waals surface area contributed by atoms with Crippen LogP contribution in [0.25, 0.3) is 10.8 Å². The molecule has 2 aromatic heterocycles. The number of nitrogens with zero attached hydrogens (tertiary/aromatic N) is 2. The quantitative estimate of drug-likeness (QED) is 0.193. The number of Topliss-reactive ketones (excluding diaryl/α,β-unsaturated/α-hetero) is 1. The predicted octanol–water partition coefficient (Wildman–Crippen LogP) is 5.83. The highest BCUT2D eigenvalue weighted by atomic mass is 19.1. The molecule has 3 heterocycles. The van der Waals surface area contributed by atoms with E-state index in [4.69, 9.17) is 15.2 Å². The highest BCUT2D eigenvalue weighted by molar-refractivity contribution is 5.86. The van der Waals surface area contributed by atoms with Crippen LogP contribution in [0, 0.1) is 17.5 Å². The second-order valence-corrected chi connectivity index (χ2v) is 13.3. The number of carbonyl (C=O) groups excluding carboxylic acids is 2. The molecule has 1 fully saturated rings. The van der Waals surface area contributed by atoms with E-state index >= 15 is 8.78 Å². The Balaban J connectivity index is 1.06. The molecule has 12 heteroatoms. The number of benzene rings is 3. The van der Waals surface area contributed by atoms with Crippen molar-refractivity contribution < 1.29 is 32.2 Å². The molecule has 268 valence electrons. The summed E-state index contributed by atoms with van der Waals surface area (Å²) in [5.74, 6) is -3.35. The molecule has 7 rings (SSSR count). The fraction of sp³-hybridized carbons (Fsp3) is 0.300. The molecule has 5 atom stereocenters. The van der Waals surface area contributed by atoms with Crippen LogP contribution in [0.1, 0.15) is 58.2 Å². The lowest BCUT2D eigenvalue weighted by Crippen LogP contribution is -2.49. The number of hydrogen-bond acceptors (Lipinski definition) is 8. The smallest absolute Gasteiger partial charge is 0.407 e. The number of ether oxygens (including phenoxy) is 2. The lowest BCUT2D eigenvalue weighted by molar-refractivity contribution is -0.120. The van der Waals surface area contributed by atoms with Crippen molar-refractivity contribution >= 4 is 22.6 Å². The minimum atomic E-state index is -1.01. The number of aryl methyl sites for hydroxylation is 1. The number of carbonyl (C=O) groups is 2. The second kappa shape index (κ2) is 15.6. The molecular formula is C40H38F3N5O4. The first-order chi connectivity index (χ1) is 25.2. The molecule has 1 saturated heterocycles. The molecule has 3 aromatic carbocycles. The summed E-state index contributed by atoms with van der Waals surface area (Å²) >= 11 is 0. The van der Waals surface area contributed by atoms with Gasteiger partial charge in [-0.05, 0) is 64.7 Å². The molecule has 4 N–H and O–H groups in total. The molecule has 0 saturated carbocycles. The average Bonchev–Trinajstić information content (AvgIpc) is 3.17. The Kier molecular flexibility index (Phi) is 10.6. The van der Waals surface area contributed by atoms with Crippen LogP contribution in [0.15, 0.2) is 91.4 Å². The van der Waals surface area contributed by atoms with Crippen LogP contribution in [-0.2, 0) is 27.2 Å². The molecule has 1 aliphatic heterocycles. The molecule has 9 nitrogen and oxygen atoms in total. The SMILES string of the molecule is NC1C(=O)CCc2cncc(F)c2C(CC2CNC(COC(=O)NCc3cc4ccccc4cn3)CO2)c2cc(ccc2F)C1c1ccc(F)cc1. The van der Waals surface area contributed by atoms with Gasteiger partial charge >= 0.3 is 6.09 Å². The van der Waals surface area contributed by atoms with E-state index in [0.29, 0.717) is 28.9 Å². The lowest BCUT2D eigenvalue weighted by atomic mass is 9.80. The van der Waals surface area contributed by atoms with E-state index in [0.717, 1.165) is 17.0 Å². The molecule has 1 aliphatic carbocycles. The van der Waals surface area contributed by atoms with E-state index in [1.165, 1.54) is 24.4 Å². The molecule has 1 amide bonds. The summed E-state index contributed by atoms with van der Waals surface area (Å²) in [5.41, 5.74) is 9.39. The van der Waals surface area contributed by atoms with Gasteiger partial charge < -0.3 is 25.8 Å². The zero-order chi connectivity index (χ0) is 36.2. The van der Waals surface area contributed by atoms with E-state index in [9.17, 15) is 14.0 Å². The third-order valence-electron chi connectivity index (χ3n) is 9.91. The van der Waals surface area contributed by atoms with E-state index in [2.05, 4.69) is 20.6 Å². The number of nitrogens with one attached hydrogen (secondary N) is 2. The number of hydrogen-bond donors (Lipinski definition) is 3. The summed E-state index contributed by atoms with van der Waals surface area (Å²) in [6.45, 7) is 0.781. The van der Waals surface area contributed by atoms with Gasteiger partial charge in [-0.15, -0.1) is 0 Å². The van der Waals surface area contributed by atoms with Gasteiger partial charge in [-0.3, -0.25) is 14.8 Å². The van der Waals surface area contributed by atoms with Crippen LogP contribution in [-0.4, -0.2) is 59.8 Å². The first-order valence-corrected chi connectivity index (χ1v) is 17.3. The maximum atomic E-state index is 15.9. The molecule has 52 heavy (non-hydrogen) atoms. The minimum Gasteiger partial charge on any atom is -0.448 e. The van der Waals surface area contributed by atoms with Crippen molar-refractivity contribution in [2.75, 3.05) is 19.8 Å². The van der Waals surface area contributed by atoms with E-state index in [1.54, 1.807) is 30.5 Å². The highest BCUT2D eigenvalue weighted by Crippen LogP contribution is 2.39. The summed E-state index contributed by atoms with van der Waals surface area (Å²) in [4.78, 5) is 34.4. The first kappa shape index (κ1) is 35.2. The fourth-order valence-electron chi connectivity index (χ4n) is 7.19.